The summed E-state index contributed by atoms with van der Waals surface area (Å²) in [7, 11) is 0. The number of rotatable bonds is 6. The number of pyridine rings is 1. The van der Waals surface area contributed by atoms with Gasteiger partial charge in [-0.05, 0) is 88.9 Å². The average molecular weight is 861 g/mol. The summed E-state index contributed by atoms with van der Waals surface area (Å²) in [6.07, 6.45) is 1.85. The van der Waals surface area contributed by atoms with Gasteiger partial charge in [0.15, 0.2) is 0 Å². The second-order valence-corrected chi connectivity index (χ2v) is 14.3. The fraction of sp³-hybridized carbons (Fsp3) is 0.133. The fourth-order valence-electron chi connectivity index (χ4n) is 7.01. The molecule has 0 amide bonds. The number of hydrogen-bond acceptors (Lipinski definition) is 3. The first-order chi connectivity index (χ1) is 24.5. The molecule has 260 valence electrons. The van der Waals surface area contributed by atoms with Gasteiger partial charge in [-0.1, -0.05) is 117 Å². The predicted octanol–water partition coefficient (Wildman–Crippen LogP) is 10.8. The van der Waals surface area contributed by atoms with Crippen molar-refractivity contribution in [2.45, 2.75) is 40.0 Å². The smallest absolute Gasteiger partial charge is 0.354 e. The van der Waals surface area contributed by atoms with E-state index < -0.39 is 5.97 Å². The molecular formula is C45H37N4O2Pt-. The van der Waals surface area contributed by atoms with E-state index in [4.69, 9.17) is 9.97 Å². The van der Waals surface area contributed by atoms with E-state index in [-0.39, 0.29) is 32.2 Å². The zero-order valence-corrected chi connectivity index (χ0v) is 31.9. The number of carboxylic acids is 1. The van der Waals surface area contributed by atoms with Crippen LogP contribution in [0.5, 0.6) is 0 Å². The van der Waals surface area contributed by atoms with Crippen molar-refractivity contribution in [3.8, 4) is 50.6 Å². The molecule has 0 atom stereocenters. The van der Waals surface area contributed by atoms with E-state index in [1.807, 2.05) is 56.4 Å². The summed E-state index contributed by atoms with van der Waals surface area (Å²) in [6.45, 7) is 10.7. The van der Waals surface area contributed by atoms with Gasteiger partial charge in [0.25, 0.3) is 0 Å². The number of nitrogens with zero attached hydrogens (tertiary/aromatic N) is 4. The summed E-state index contributed by atoms with van der Waals surface area (Å²) in [5.41, 5.74) is 12.9. The second-order valence-electron chi connectivity index (χ2n) is 14.3. The van der Waals surface area contributed by atoms with Crippen molar-refractivity contribution in [3.05, 3.63) is 150 Å². The number of para-hydroxylation sites is 1. The van der Waals surface area contributed by atoms with E-state index >= 15 is 0 Å². The number of benzene rings is 5. The third-order valence-corrected chi connectivity index (χ3v) is 9.48. The number of aryl methyl sites for hydroxylation is 2. The molecule has 0 bridgehead atoms. The van der Waals surface area contributed by atoms with Crippen molar-refractivity contribution in [2.24, 2.45) is 0 Å². The van der Waals surface area contributed by atoms with Gasteiger partial charge < -0.3 is 10.1 Å². The van der Waals surface area contributed by atoms with Crippen molar-refractivity contribution in [1.82, 2.24) is 19.5 Å². The summed E-state index contributed by atoms with van der Waals surface area (Å²) in [5, 5.41) is 11.3. The van der Waals surface area contributed by atoms with E-state index in [9.17, 15) is 9.90 Å². The molecule has 0 radical (unpaired) electrons. The van der Waals surface area contributed by atoms with Crippen LogP contribution >= 0.6 is 0 Å². The first kappa shape index (κ1) is 34.8. The van der Waals surface area contributed by atoms with Crippen LogP contribution in [0.3, 0.4) is 0 Å². The minimum atomic E-state index is -1.08. The SMILES string of the molecule is Cc1cc(C)cc(-c2cc(C(=O)O)nc(-c3cccc4c3nc(-c3cc(C(C)(C)C)cc5cc[n-]c35)n4-c3cccc(-c4ccccc4)c3)c2)c1.[Pt]. The standard InChI is InChI=1S/C45H38N4O2.Pt/c1-27-19-28(2)21-32(20-27)33-24-38(47-39(25-33)44(50)51)36-15-10-16-40-42(36)48-43(37-26-34(45(3,4)5)22-31-17-18-46-41(31)37)49(40)35-14-9-13-30(23-35)29-11-7-6-8-12-29;/h6-26H,1-5H3,(H2,46,47,48,50,51);/p-1. The predicted molar refractivity (Wildman–Crippen MR) is 207 cm³/mol. The molecule has 0 aliphatic rings. The minimum absolute atomic E-state index is 0. The van der Waals surface area contributed by atoms with Crippen molar-refractivity contribution in [1.29, 1.82) is 0 Å². The average Bonchev–Trinajstić information content (AvgIpc) is 3.76. The maximum atomic E-state index is 12.5. The summed E-state index contributed by atoms with van der Waals surface area (Å²) >= 11 is 0. The van der Waals surface area contributed by atoms with Crippen LogP contribution in [0.1, 0.15) is 48.0 Å². The van der Waals surface area contributed by atoms with Crippen LogP contribution in [0.15, 0.2) is 128 Å². The molecule has 6 nitrogen and oxygen atoms in total. The van der Waals surface area contributed by atoms with E-state index in [0.29, 0.717) is 5.69 Å². The molecule has 1 N–H and O–H groups in total. The monoisotopic (exact) mass is 860 g/mol. The zero-order valence-electron chi connectivity index (χ0n) is 29.6. The number of carboxylic acid groups (broad SMARTS) is 1. The van der Waals surface area contributed by atoms with Crippen LogP contribution in [0.25, 0.3) is 72.5 Å². The zero-order chi connectivity index (χ0) is 35.4. The van der Waals surface area contributed by atoms with Gasteiger partial charge in [-0.15, -0.1) is 5.52 Å². The molecule has 0 saturated heterocycles. The van der Waals surface area contributed by atoms with Crippen LogP contribution in [-0.2, 0) is 26.5 Å². The first-order valence-corrected chi connectivity index (χ1v) is 17.1. The topological polar surface area (TPSA) is 82.1 Å². The van der Waals surface area contributed by atoms with Crippen LogP contribution in [0.4, 0.5) is 0 Å². The van der Waals surface area contributed by atoms with Crippen LogP contribution in [-0.4, -0.2) is 25.6 Å². The number of hydrogen-bond donors (Lipinski definition) is 1. The van der Waals surface area contributed by atoms with Crippen molar-refractivity contribution < 1.29 is 31.0 Å². The van der Waals surface area contributed by atoms with Crippen molar-refractivity contribution in [2.75, 3.05) is 0 Å². The Hall–Kier alpha value is -5.58. The maximum absolute atomic E-state index is 12.5. The molecule has 3 heterocycles. The van der Waals surface area contributed by atoms with Crippen LogP contribution < -0.4 is 4.98 Å². The molecule has 8 rings (SSSR count). The Labute approximate surface area is 317 Å². The van der Waals surface area contributed by atoms with Gasteiger partial charge in [-0.25, -0.2) is 14.8 Å². The van der Waals surface area contributed by atoms with Gasteiger partial charge in [0.05, 0.1) is 16.7 Å². The first-order valence-electron chi connectivity index (χ1n) is 17.1. The largest absolute Gasteiger partial charge is 0.663 e. The maximum Gasteiger partial charge on any atom is 0.354 e. The Bertz CT molecular complexity index is 2610. The van der Waals surface area contributed by atoms with Crippen molar-refractivity contribution in [3.63, 3.8) is 0 Å². The molecule has 0 fully saturated rings. The van der Waals surface area contributed by atoms with Gasteiger partial charge in [0.2, 0.25) is 0 Å². The Morgan fingerprint density at radius 2 is 1.40 bits per heavy atom. The fourth-order valence-corrected chi connectivity index (χ4v) is 7.01. The Kier molecular flexibility index (Phi) is 9.06. The van der Waals surface area contributed by atoms with Gasteiger partial charge in [0, 0.05) is 37.9 Å². The third-order valence-electron chi connectivity index (χ3n) is 9.48. The van der Waals surface area contributed by atoms with Gasteiger partial charge in [-0.2, -0.15) is 6.20 Å². The second kappa shape index (κ2) is 13.5. The summed E-state index contributed by atoms with van der Waals surface area (Å²) < 4.78 is 2.20. The Balaban J connectivity index is 0.00000420. The molecule has 0 spiro atoms. The molecule has 52 heavy (non-hydrogen) atoms. The molecule has 7 heteroatoms. The molecule has 0 aliphatic carbocycles. The molecule has 3 aromatic heterocycles. The van der Waals surface area contributed by atoms with Crippen LogP contribution in [0.2, 0.25) is 0 Å². The number of carbonyl (C=O) groups is 1. The third kappa shape index (κ3) is 6.40. The molecule has 0 unspecified atom stereocenters. The van der Waals surface area contributed by atoms with Gasteiger partial charge in [0.1, 0.15) is 11.5 Å². The van der Waals surface area contributed by atoms with Gasteiger partial charge >= 0.3 is 5.97 Å². The Morgan fingerprint density at radius 3 is 2.13 bits per heavy atom. The molecule has 8 aromatic rings. The number of imidazole rings is 1. The Morgan fingerprint density at radius 1 is 0.692 bits per heavy atom. The van der Waals surface area contributed by atoms with E-state index in [1.54, 1.807) is 6.07 Å². The number of aromatic nitrogens is 4. The van der Waals surface area contributed by atoms with E-state index in [1.165, 1.54) is 5.56 Å². The summed E-state index contributed by atoms with van der Waals surface area (Å²) in [4.78, 5) is 27.4. The molecular weight excluding hydrogens is 824 g/mol. The quantitative estimate of drug-likeness (QED) is 0.180. The molecule has 0 saturated carbocycles. The van der Waals surface area contributed by atoms with E-state index in [0.717, 1.165) is 78.0 Å². The normalized spacial score (nSPS) is 11.6. The summed E-state index contributed by atoms with van der Waals surface area (Å²) in [6, 6.07) is 41.3. The summed E-state index contributed by atoms with van der Waals surface area (Å²) in [5.74, 6) is -0.330. The minimum Gasteiger partial charge on any atom is -0.663 e. The van der Waals surface area contributed by atoms with Crippen molar-refractivity contribution >= 4 is 27.9 Å². The molecule has 0 aliphatic heterocycles. The van der Waals surface area contributed by atoms with Crippen LogP contribution in [0, 0.1) is 13.8 Å². The number of aromatic carboxylic acids is 1. The number of fused-ring (bicyclic) bond motifs is 2. The van der Waals surface area contributed by atoms with E-state index in [2.05, 4.69) is 109 Å². The van der Waals surface area contributed by atoms with Gasteiger partial charge in [-0.3, -0.25) is 4.57 Å². The molecule has 5 aromatic carbocycles.